The summed E-state index contributed by atoms with van der Waals surface area (Å²) in [4.78, 5) is 23.3. The predicted molar refractivity (Wildman–Crippen MR) is 126 cm³/mol. The zero-order chi connectivity index (χ0) is 23.1. The molecule has 0 aliphatic carbocycles. The van der Waals surface area contributed by atoms with Gasteiger partial charge in [0.15, 0.2) is 6.10 Å². The van der Waals surface area contributed by atoms with Crippen molar-refractivity contribution in [1.82, 2.24) is 0 Å². The molecule has 1 aliphatic rings. The minimum absolute atomic E-state index is 0. The fourth-order valence-electron chi connectivity index (χ4n) is 3.89. The summed E-state index contributed by atoms with van der Waals surface area (Å²) >= 11 is 0. The molecule has 1 heterocycles. The molecular weight excluding hydrogens is 423 g/mol. The van der Waals surface area contributed by atoms with Crippen molar-refractivity contribution in [3.8, 4) is 0 Å². The zero-order valence-electron chi connectivity index (χ0n) is 18.8. The molecule has 2 unspecified atom stereocenters. The van der Waals surface area contributed by atoms with Crippen molar-refractivity contribution in [2.75, 3.05) is 6.61 Å². The molecule has 0 aromatic rings. The Hall–Kier alpha value is -0.860. The van der Waals surface area contributed by atoms with Gasteiger partial charge < -0.3 is 25.2 Å². The SMILES string of the molecule is CCCCCCCC/C=C\CCCCCCC(C(=O)O)C1=C(O)C(=O)OC1[C@@H](O)CO.[NaH]. The van der Waals surface area contributed by atoms with Crippen LogP contribution in [-0.4, -0.2) is 80.7 Å². The van der Waals surface area contributed by atoms with E-state index < -0.39 is 42.4 Å². The van der Waals surface area contributed by atoms with E-state index in [0.29, 0.717) is 6.42 Å². The van der Waals surface area contributed by atoms with Crippen molar-refractivity contribution in [2.24, 2.45) is 5.92 Å². The van der Waals surface area contributed by atoms with Gasteiger partial charge in [-0.05, 0) is 32.1 Å². The molecule has 7 nitrogen and oxygen atoms in total. The number of aliphatic hydroxyl groups excluding tert-OH is 3. The summed E-state index contributed by atoms with van der Waals surface area (Å²) in [6, 6.07) is 0. The minimum atomic E-state index is -1.46. The summed E-state index contributed by atoms with van der Waals surface area (Å²) in [6.07, 6.45) is 15.3. The van der Waals surface area contributed by atoms with Crippen LogP contribution in [0, 0.1) is 5.92 Å². The van der Waals surface area contributed by atoms with Gasteiger partial charge in [-0.25, -0.2) is 4.79 Å². The molecule has 4 N–H and O–H groups in total. The molecule has 0 amide bonds. The second-order valence-electron chi connectivity index (χ2n) is 8.29. The summed E-state index contributed by atoms with van der Waals surface area (Å²) in [6.45, 7) is 1.52. The van der Waals surface area contributed by atoms with Gasteiger partial charge in [0.1, 0.15) is 6.10 Å². The van der Waals surface area contributed by atoms with Crippen molar-refractivity contribution >= 4 is 41.5 Å². The van der Waals surface area contributed by atoms with Crippen LogP contribution < -0.4 is 0 Å². The van der Waals surface area contributed by atoms with Crippen LogP contribution in [0.3, 0.4) is 0 Å². The van der Waals surface area contributed by atoms with E-state index in [1.165, 1.54) is 38.5 Å². The summed E-state index contributed by atoms with van der Waals surface area (Å²) in [5.74, 6) is -4.14. The van der Waals surface area contributed by atoms with Crippen LogP contribution in [0.4, 0.5) is 0 Å². The number of carbonyl (C=O) groups excluding carboxylic acids is 1. The number of cyclic esters (lactones) is 1. The number of ether oxygens (including phenoxy) is 1. The normalized spacial score (nSPS) is 18.0. The van der Waals surface area contributed by atoms with E-state index in [1.54, 1.807) is 0 Å². The molecule has 180 valence electrons. The Kier molecular flexibility index (Phi) is 18.1. The molecule has 1 rings (SSSR count). The van der Waals surface area contributed by atoms with E-state index in [2.05, 4.69) is 19.1 Å². The second-order valence-corrected chi connectivity index (χ2v) is 8.29. The van der Waals surface area contributed by atoms with Gasteiger partial charge in [-0.3, -0.25) is 4.79 Å². The van der Waals surface area contributed by atoms with Crippen molar-refractivity contribution in [2.45, 2.75) is 103 Å². The maximum absolute atomic E-state index is 11.7. The van der Waals surface area contributed by atoms with E-state index in [-0.39, 0.29) is 41.6 Å². The Morgan fingerprint density at radius 2 is 1.53 bits per heavy atom. The summed E-state index contributed by atoms with van der Waals surface area (Å²) < 4.78 is 4.85. The van der Waals surface area contributed by atoms with Gasteiger partial charge in [-0.15, -0.1) is 0 Å². The number of carboxylic acids is 1. The van der Waals surface area contributed by atoms with Crippen molar-refractivity contribution in [3.05, 3.63) is 23.5 Å². The van der Waals surface area contributed by atoms with E-state index in [1.807, 2.05) is 0 Å². The third-order valence-electron chi connectivity index (χ3n) is 5.72. The van der Waals surface area contributed by atoms with E-state index >= 15 is 0 Å². The molecule has 1 aliphatic heterocycles. The third-order valence-corrected chi connectivity index (χ3v) is 5.72. The summed E-state index contributed by atoms with van der Waals surface area (Å²) in [5, 5.41) is 38.4. The van der Waals surface area contributed by atoms with Gasteiger partial charge in [-0.1, -0.05) is 70.4 Å². The summed E-state index contributed by atoms with van der Waals surface area (Å²) in [5.41, 5.74) is -0.142. The number of aliphatic carboxylic acids is 1. The number of allylic oxidation sites excluding steroid dienone is 2. The van der Waals surface area contributed by atoms with Crippen LogP contribution in [0.2, 0.25) is 0 Å². The zero-order valence-corrected chi connectivity index (χ0v) is 18.8. The van der Waals surface area contributed by atoms with Gasteiger partial charge in [0.2, 0.25) is 5.76 Å². The fourth-order valence-corrected chi connectivity index (χ4v) is 3.89. The van der Waals surface area contributed by atoms with Crippen LogP contribution in [0.5, 0.6) is 0 Å². The van der Waals surface area contributed by atoms with Crippen molar-refractivity contribution < 1.29 is 34.8 Å². The van der Waals surface area contributed by atoms with Crippen molar-refractivity contribution in [1.29, 1.82) is 0 Å². The average molecular weight is 465 g/mol. The van der Waals surface area contributed by atoms with Gasteiger partial charge in [0.05, 0.1) is 12.5 Å². The molecular formula is C24H41NaO7. The number of carbonyl (C=O) groups is 2. The number of hydrogen-bond donors (Lipinski definition) is 4. The molecule has 0 saturated carbocycles. The topological polar surface area (TPSA) is 124 Å². The van der Waals surface area contributed by atoms with Crippen LogP contribution in [0.1, 0.15) is 90.4 Å². The Balaban J connectivity index is 0.00000961. The number of unbranched alkanes of at least 4 members (excludes halogenated alkanes) is 10. The molecule has 0 saturated heterocycles. The molecule has 0 bridgehead atoms. The number of hydrogen-bond acceptors (Lipinski definition) is 6. The van der Waals surface area contributed by atoms with Crippen LogP contribution in [0.15, 0.2) is 23.5 Å². The molecule has 0 radical (unpaired) electrons. The Bertz CT molecular complexity index is 603. The molecule has 0 aromatic heterocycles. The average Bonchev–Trinajstić information content (AvgIpc) is 3.04. The van der Waals surface area contributed by atoms with Gasteiger partial charge >= 0.3 is 41.5 Å². The van der Waals surface area contributed by atoms with Crippen LogP contribution >= 0.6 is 0 Å². The first-order valence-electron chi connectivity index (χ1n) is 11.7. The van der Waals surface area contributed by atoms with Crippen LogP contribution in [-0.2, 0) is 14.3 Å². The fraction of sp³-hybridized carbons (Fsp3) is 0.750. The Labute approximate surface area is 214 Å². The first-order valence-corrected chi connectivity index (χ1v) is 11.7. The molecule has 0 aromatic carbocycles. The predicted octanol–water partition coefficient (Wildman–Crippen LogP) is 3.78. The Morgan fingerprint density at radius 1 is 1.00 bits per heavy atom. The standard InChI is InChI=1S/C24H40O7.Na.H/c1-2-3-4-5-6-7-8-9-10-11-12-13-14-15-16-18(23(28)29)20-21(27)24(30)31-22(20)19(26)17-25;;/h9-10,18-19,22,25-27H,2-8,11-17H2,1H3,(H,28,29);;/b10-9-;;/t18?,19-,22?;;/m0../s1. The second kappa shape index (κ2) is 18.6. The summed E-state index contributed by atoms with van der Waals surface area (Å²) in [7, 11) is 0. The molecule has 0 fully saturated rings. The van der Waals surface area contributed by atoms with Gasteiger partial charge in [0, 0.05) is 5.57 Å². The molecule has 32 heavy (non-hydrogen) atoms. The number of aliphatic hydroxyl groups is 3. The molecule has 3 atom stereocenters. The van der Waals surface area contributed by atoms with E-state index in [9.17, 15) is 24.9 Å². The Morgan fingerprint density at radius 3 is 2.06 bits per heavy atom. The molecule has 8 heteroatoms. The molecule has 0 spiro atoms. The number of esters is 1. The van der Waals surface area contributed by atoms with Gasteiger partial charge in [-0.2, -0.15) is 0 Å². The van der Waals surface area contributed by atoms with Crippen LogP contribution in [0.25, 0.3) is 0 Å². The number of carboxylic acid groups (broad SMARTS) is 1. The van der Waals surface area contributed by atoms with E-state index in [4.69, 9.17) is 9.84 Å². The van der Waals surface area contributed by atoms with Crippen molar-refractivity contribution in [3.63, 3.8) is 0 Å². The monoisotopic (exact) mass is 464 g/mol. The van der Waals surface area contributed by atoms with E-state index in [0.717, 1.165) is 32.1 Å². The first kappa shape index (κ1) is 31.1. The van der Waals surface area contributed by atoms with Gasteiger partial charge in [0.25, 0.3) is 0 Å². The number of rotatable bonds is 18. The maximum atomic E-state index is 11.7. The third kappa shape index (κ3) is 11.3. The first-order chi connectivity index (χ1) is 14.9. The quantitative estimate of drug-likeness (QED) is 0.105.